The van der Waals surface area contributed by atoms with Crippen LogP contribution in [0.15, 0.2) is 46.9 Å². The largest absolute Gasteiger partial charge is 0.374 e. The second-order valence-corrected chi connectivity index (χ2v) is 6.64. The highest BCUT2D eigenvalue weighted by Gasteiger charge is 2.21. The summed E-state index contributed by atoms with van der Waals surface area (Å²) in [5.74, 6) is -0.591. The smallest absolute Gasteiger partial charge is 0.243 e. The Morgan fingerprint density at radius 1 is 1.20 bits per heavy atom. The lowest BCUT2D eigenvalue weighted by Gasteiger charge is -2.16. The molecule has 1 aliphatic heterocycles. The normalized spacial score (nSPS) is 13.8. The number of hydrogen-bond acceptors (Lipinski definition) is 3. The van der Waals surface area contributed by atoms with Crippen molar-refractivity contribution in [3.63, 3.8) is 0 Å². The fourth-order valence-electron chi connectivity index (χ4n) is 2.66. The van der Waals surface area contributed by atoms with Crippen LogP contribution in [0.1, 0.15) is 12.8 Å². The predicted octanol–water partition coefficient (Wildman–Crippen LogP) is 3.77. The number of nitrogens with zero attached hydrogens (tertiary/aromatic N) is 1. The Labute approximate surface area is 153 Å². The maximum atomic E-state index is 13.7. The topological polar surface area (TPSA) is 61.4 Å². The lowest BCUT2D eigenvalue weighted by atomic mass is 10.2. The van der Waals surface area contributed by atoms with Crippen LogP contribution >= 0.6 is 15.9 Å². The van der Waals surface area contributed by atoms with E-state index in [0.29, 0.717) is 16.6 Å². The lowest BCUT2D eigenvalue weighted by molar-refractivity contribution is -0.117. The number of halogens is 2. The van der Waals surface area contributed by atoms with E-state index < -0.39 is 5.82 Å². The zero-order valence-electron chi connectivity index (χ0n) is 13.4. The number of nitrogens with one attached hydrogen (secondary N) is 2. The van der Waals surface area contributed by atoms with Gasteiger partial charge >= 0.3 is 0 Å². The van der Waals surface area contributed by atoms with Crippen LogP contribution in [0.4, 0.5) is 21.5 Å². The summed E-state index contributed by atoms with van der Waals surface area (Å²) in [6.45, 7) is 0.679. The molecule has 2 amide bonds. The molecule has 2 aromatic carbocycles. The third-order valence-electron chi connectivity index (χ3n) is 3.91. The number of benzene rings is 2. The van der Waals surface area contributed by atoms with E-state index in [0.717, 1.165) is 18.7 Å². The van der Waals surface area contributed by atoms with Crippen molar-refractivity contribution in [2.24, 2.45) is 0 Å². The highest BCUT2D eigenvalue weighted by molar-refractivity contribution is 9.10. The quantitative estimate of drug-likeness (QED) is 0.795. The number of rotatable bonds is 5. The van der Waals surface area contributed by atoms with Crippen molar-refractivity contribution in [1.82, 2.24) is 0 Å². The molecule has 1 heterocycles. The van der Waals surface area contributed by atoms with Crippen LogP contribution < -0.4 is 15.5 Å². The molecule has 2 aromatic rings. The van der Waals surface area contributed by atoms with Crippen LogP contribution in [-0.4, -0.2) is 24.9 Å². The number of hydrogen-bond donors (Lipinski definition) is 2. The molecule has 0 spiro atoms. The minimum atomic E-state index is -0.429. The van der Waals surface area contributed by atoms with Gasteiger partial charge in [-0.1, -0.05) is 15.9 Å². The Hall–Kier alpha value is -2.41. The van der Waals surface area contributed by atoms with Crippen LogP contribution in [0.3, 0.4) is 0 Å². The number of carbonyl (C=O) groups excluding carboxylic acids is 2. The molecule has 0 radical (unpaired) electrons. The van der Waals surface area contributed by atoms with Crippen molar-refractivity contribution in [2.45, 2.75) is 12.8 Å². The number of anilines is 3. The molecule has 0 unspecified atom stereocenters. The monoisotopic (exact) mass is 405 g/mol. The Balaban J connectivity index is 1.55. The summed E-state index contributed by atoms with van der Waals surface area (Å²) < 4.78 is 14.3. The summed E-state index contributed by atoms with van der Waals surface area (Å²) in [5, 5.41) is 5.50. The predicted molar refractivity (Wildman–Crippen MR) is 99.2 cm³/mol. The molecule has 5 nitrogen and oxygen atoms in total. The maximum Gasteiger partial charge on any atom is 0.243 e. The molecule has 2 N–H and O–H groups in total. The fourth-order valence-corrected chi connectivity index (χ4v) is 2.99. The van der Waals surface area contributed by atoms with Crippen molar-refractivity contribution in [2.75, 3.05) is 28.6 Å². The molecule has 0 aliphatic carbocycles. The van der Waals surface area contributed by atoms with Gasteiger partial charge in [0.25, 0.3) is 0 Å². The molecule has 0 saturated carbocycles. The molecule has 1 aliphatic rings. The Kier molecular flexibility index (Phi) is 5.33. The molecular formula is C18H17BrFN3O2. The molecule has 0 aromatic heterocycles. The summed E-state index contributed by atoms with van der Waals surface area (Å²) >= 11 is 3.18. The Bertz CT molecular complexity index is 795. The summed E-state index contributed by atoms with van der Waals surface area (Å²) in [5.41, 5.74) is 1.72. The summed E-state index contributed by atoms with van der Waals surface area (Å²) in [7, 11) is 0. The lowest BCUT2D eigenvalue weighted by Crippen LogP contribution is -2.24. The van der Waals surface area contributed by atoms with E-state index in [2.05, 4.69) is 26.6 Å². The summed E-state index contributed by atoms with van der Waals surface area (Å²) in [6, 6.07) is 11.7. The molecule has 130 valence electrons. The van der Waals surface area contributed by atoms with Crippen LogP contribution in [-0.2, 0) is 9.59 Å². The van der Waals surface area contributed by atoms with Gasteiger partial charge < -0.3 is 15.5 Å². The van der Waals surface area contributed by atoms with Gasteiger partial charge in [0.1, 0.15) is 5.82 Å². The van der Waals surface area contributed by atoms with E-state index in [1.165, 1.54) is 6.07 Å². The van der Waals surface area contributed by atoms with E-state index >= 15 is 0 Å². The minimum absolute atomic E-state index is 0.0507. The molecule has 3 rings (SSSR count). The second kappa shape index (κ2) is 7.65. The maximum absolute atomic E-state index is 13.7. The van der Waals surface area contributed by atoms with Gasteiger partial charge in [0.2, 0.25) is 11.8 Å². The van der Waals surface area contributed by atoms with Crippen molar-refractivity contribution in [1.29, 1.82) is 0 Å². The summed E-state index contributed by atoms with van der Waals surface area (Å²) in [6.07, 6.45) is 1.45. The highest BCUT2D eigenvalue weighted by atomic mass is 79.9. The molecule has 0 atom stereocenters. The molecule has 25 heavy (non-hydrogen) atoms. The zero-order valence-corrected chi connectivity index (χ0v) is 15.0. The van der Waals surface area contributed by atoms with Gasteiger partial charge in [-0.2, -0.15) is 0 Å². The second-order valence-electron chi connectivity index (χ2n) is 5.72. The Morgan fingerprint density at radius 2 is 1.96 bits per heavy atom. The van der Waals surface area contributed by atoms with Gasteiger partial charge in [-0.25, -0.2) is 4.39 Å². The summed E-state index contributed by atoms with van der Waals surface area (Å²) in [4.78, 5) is 25.4. The highest BCUT2D eigenvalue weighted by Crippen LogP contribution is 2.23. The zero-order chi connectivity index (χ0) is 17.8. The first-order chi connectivity index (χ1) is 12.0. The molecule has 0 bridgehead atoms. The van der Waals surface area contributed by atoms with Gasteiger partial charge in [0.15, 0.2) is 0 Å². The van der Waals surface area contributed by atoms with Gasteiger partial charge in [0, 0.05) is 28.8 Å². The van der Waals surface area contributed by atoms with Crippen LogP contribution in [0.2, 0.25) is 0 Å². The van der Waals surface area contributed by atoms with Gasteiger partial charge in [0.05, 0.1) is 12.2 Å². The average Bonchev–Trinajstić information content (AvgIpc) is 3.01. The van der Waals surface area contributed by atoms with E-state index in [1.54, 1.807) is 41.3 Å². The minimum Gasteiger partial charge on any atom is -0.374 e. The van der Waals surface area contributed by atoms with Crippen LogP contribution in [0, 0.1) is 5.82 Å². The van der Waals surface area contributed by atoms with E-state index in [-0.39, 0.29) is 24.0 Å². The van der Waals surface area contributed by atoms with E-state index in [1.807, 2.05) is 0 Å². The number of amides is 2. The van der Waals surface area contributed by atoms with Crippen molar-refractivity contribution < 1.29 is 14.0 Å². The van der Waals surface area contributed by atoms with Crippen molar-refractivity contribution in [3.05, 3.63) is 52.8 Å². The van der Waals surface area contributed by atoms with Crippen molar-refractivity contribution >= 4 is 44.8 Å². The van der Waals surface area contributed by atoms with Gasteiger partial charge in [-0.05, 0) is 48.9 Å². The Morgan fingerprint density at radius 3 is 2.60 bits per heavy atom. The van der Waals surface area contributed by atoms with Crippen LogP contribution in [0.5, 0.6) is 0 Å². The first-order valence-electron chi connectivity index (χ1n) is 7.92. The van der Waals surface area contributed by atoms with Crippen LogP contribution in [0.25, 0.3) is 0 Å². The first-order valence-corrected chi connectivity index (χ1v) is 8.71. The SMILES string of the molecule is O=C(CNc1ccc(Br)cc1F)Nc1ccc(N2CCCC2=O)cc1. The third kappa shape index (κ3) is 4.36. The van der Waals surface area contributed by atoms with E-state index in [4.69, 9.17) is 0 Å². The third-order valence-corrected chi connectivity index (χ3v) is 4.40. The molecule has 1 saturated heterocycles. The van der Waals surface area contributed by atoms with Crippen molar-refractivity contribution in [3.8, 4) is 0 Å². The fraction of sp³-hybridized carbons (Fsp3) is 0.222. The standard InChI is InChI=1S/C18H17BrFN3O2/c19-12-3-8-16(15(20)10-12)21-11-17(24)22-13-4-6-14(7-5-13)23-9-1-2-18(23)25/h3-8,10,21H,1-2,9,11H2,(H,22,24). The molecule has 7 heteroatoms. The molecular weight excluding hydrogens is 389 g/mol. The van der Waals surface area contributed by atoms with E-state index in [9.17, 15) is 14.0 Å². The first kappa shape index (κ1) is 17.4. The van der Waals surface area contributed by atoms with Gasteiger partial charge in [-0.3, -0.25) is 9.59 Å². The average molecular weight is 406 g/mol. The molecule has 1 fully saturated rings. The van der Waals surface area contributed by atoms with Gasteiger partial charge in [-0.15, -0.1) is 0 Å². The number of carbonyl (C=O) groups is 2.